The largest absolute Gasteiger partial charge is 0.346 e. The van der Waals surface area contributed by atoms with E-state index in [9.17, 15) is 9.59 Å². The number of hydrogen-bond acceptors (Lipinski definition) is 4. The molecule has 4 nitrogen and oxygen atoms in total. The van der Waals surface area contributed by atoms with Crippen LogP contribution in [0.2, 0.25) is 0 Å². The molecule has 0 aromatic heterocycles. The molecule has 1 unspecified atom stereocenters. The predicted molar refractivity (Wildman–Crippen MR) is 122 cm³/mol. The minimum Gasteiger partial charge on any atom is -0.346 e. The van der Waals surface area contributed by atoms with Crippen molar-refractivity contribution in [2.24, 2.45) is 34.5 Å². The van der Waals surface area contributed by atoms with Gasteiger partial charge in [0, 0.05) is 16.7 Å². The Balaban J connectivity index is 1.32. The fourth-order valence-corrected chi connectivity index (χ4v) is 9.24. The maximum absolute atomic E-state index is 13.4. The molecule has 0 radical (unpaired) electrons. The first-order valence-corrected chi connectivity index (χ1v) is 13.1. The molecule has 0 spiro atoms. The highest BCUT2D eigenvalue weighted by Gasteiger charge is 2.74. The summed E-state index contributed by atoms with van der Waals surface area (Å²) in [5.41, 5.74) is 0.352. The van der Waals surface area contributed by atoms with Crippen molar-refractivity contribution in [1.29, 1.82) is 0 Å². The Labute approximate surface area is 192 Å². The Morgan fingerprint density at radius 3 is 2.59 bits per heavy atom. The summed E-state index contributed by atoms with van der Waals surface area (Å²) in [6.45, 7) is 6.43. The van der Waals surface area contributed by atoms with Crippen LogP contribution < -0.4 is 0 Å². The lowest BCUT2D eigenvalue weighted by Gasteiger charge is -2.58. The van der Waals surface area contributed by atoms with Gasteiger partial charge in [-0.15, -0.1) is 0 Å². The number of rotatable bonds is 2. The smallest absolute Gasteiger partial charge is 0.178 e. The molecule has 4 saturated carbocycles. The van der Waals surface area contributed by atoms with Gasteiger partial charge >= 0.3 is 0 Å². The molecular formula is C28H38O4. The van der Waals surface area contributed by atoms with Gasteiger partial charge in [0.25, 0.3) is 0 Å². The lowest BCUT2D eigenvalue weighted by Crippen LogP contribution is -2.59. The van der Waals surface area contributed by atoms with E-state index in [1.807, 2.05) is 6.08 Å². The number of carbonyl (C=O) groups is 2. The van der Waals surface area contributed by atoms with Crippen molar-refractivity contribution in [3.05, 3.63) is 23.8 Å². The summed E-state index contributed by atoms with van der Waals surface area (Å²) in [4.78, 5) is 25.4. The molecule has 8 atom stereocenters. The molecule has 1 heterocycles. The van der Waals surface area contributed by atoms with Crippen LogP contribution in [0.25, 0.3) is 0 Å². The minimum atomic E-state index is -0.778. The third kappa shape index (κ3) is 2.63. The van der Waals surface area contributed by atoms with Gasteiger partial charge in [-0.3, -0.25) is 9.59 Å². The van der Waals surface area contributed by atoms with Crippen molar-refractivity contribution >= 4 is 11.6 Å². The van der Waals surface area contributed by atoms with Crippen LogP contribution in [-0.2, 0) is 19.1 Å². The summed E-state index contributed by atoms with van der Waals surface area (Å²) in [7, 11) is 0. The van der Waals surface area contributed by atoms with Crippen LogP contribution >= 0.6 is 0 Å². The van der Waals surface area contributed by atoms with Crippen molar-refractivity contribution in [2.75, 3.05) is 0 Å². The number of fused-ring (bicyclic) bond motifs is 7. The van der Waals surface area contributed by atoms with Crippen molar-refractivity contribution in [3.8, 4) is 0 Å². The van der Waals surface area contributed by atoms with Gasteiger partial charge in [-0.25, -0.2) is 0 Å². The van der Waals surface area contributed by atoms with E-state index in [1.165, 1.54) is 24.8 Å². The van der Waals surface area contributed by atoms with Gasteiger partial charge in [0.1, 0.15) is 0 Å². The zero-order valence-corrected chi connectivity index (χ0v) is 19.9. The van der Waals surface area contributed by atoms with Crippen LogP contribution in [0.3, 0.4) is 0 Å². The first-order chi connectivity index (χ1) is 15.3. The van der Waals surface area contributed by atoms with E-state index < -0.39 is 5.60 Å². The molecule has 4 heteroatoms. The molecule has 0 amide bonds. The lowest BCUT2D eigenvalue weighted by atomic mass is 9.47. The van der Waals surface area contributed by atoms with Crippen molar-refractivity contribution in [2.45, 2.75) is 103 Å². The Hall–Kier alpha value is -1.26. The molecule has 5 aliphatic carbocycles. The SMILES string of the molecule is CC(=O)[C@@]12O[C@H](C3CCCCC3)OC1C[C@H]1[C@@H]3CCC4=CC(=O)C=C[C@]4(C)[C@H]3CC[C@@]12C. The second-order valence-electron chi connectivity index (χ2n) is 12.1. The zero-order valence-electron chi connectivity index (χ0n) is 19.9. The van der Waals surface area contributed by atoms with E-state index >= 15 is 0 Å². The van der Waals surface area contributed by atoms with Gasteiger partial charge in [0.15, 0.2) is 23.5 Å². The van der Waals surface area contributed by atoms with Crippen molar-refractivity contribution in [3.63, 3.8) is 0 Å². The number of Topliss-reactive ketones (excluding diaryl/α,β-unsaturated/α-hetero) is 1. The van der Waals surface area contributed by atoms with E-state index in [0.29, 0.717) is 23.7 Å². The molecule has 6 aliphatic rings. The maximum Gasteiger partial charge on any atom is 0.178 e. The molecular weight excluding hydrogens is 400 g/mol. The quantitative estimate of drug-likeness (QED) is 0.567. The number of carbonyl (C=O) groups excluding carboxylic acids is 2. The molecule has 174 valence electrons. The topological polar surface area (TPSA) is 52.6 Å². The van der Waals surface area contributed by atoms with Gasteiger partial charge < -0.3 is 9.47 Å². The van der Waals surface area contributed by atoms with Crippen molar-refractivity contribution in [1.82, 2.24) is 0 Å². The van der Waals surface area contributed by atoms with E-state index in [4.69, 9.17) is 9.47 Å². The third-order valence-electron chi connectivity index (χ3n) is 10.9. The Morgan fingerprint density at radius 1 is 1.06 bits per heavy atom. The van der Waals surface area contributed by atoms with Crippen LogP contribution in [0.15, 0.2) is 23.8 Å². The highest BCUT2D eigenvalue weighted by atomic mass is 16.7. The average Bonchev–Trinajstić information content (AvgIpc) is 3.28. The molecule has 32 heavy (non-hydrogen) atoms. The molecule has 1 saturated heterocycles. The fourth-order valence-electron chi connectivity index (χ4n) is 9.24. The average molecular weight is 439 g/mol. The standard InChI is InChI=1S/C28H38O4/c1-17(29)28-24(31-25(32-28)18-7-5-4-6-8-18)16-23-21-10-9-19-15-20(30)11-13-26(19,2)22(21)12-14-27(23,28)3/h11,13,15,18,21-25H,4-10,12,14,16H2,1-3H3/t21-,22+,23+,24?,25-,26+,27+,28-/m1/s1. The number of ether oxygens (including phenoxy) is 2. The first-order valence-electron chi connectivity index (χ1n) is 13.1. The molecule has 0 bridgehead atoms. The summed E-state index contributed by atoms with van der Waals surface area (Å²) < 4.78 is 13.5. The Bertz CT molecular complexity index is 897. The van der Waals surface area contributed by atoms with E-state index in [1.54, 1.807) is 13.0 Å². The first kappa shape index (κ1) is 21.3. The minimum absolute atomic E-state index is 0.0222. The molecule has 5 fully saturated rings. The summed E-state index contributed by atoms with van der Waals surface area (Å²) in [5, 5.41) is 0. The third-order valence-corrected chi connectivity index (χ3v) is 10.9. The van der Waals surface area contributed by atoms with Crippen LogP contribution in [0.1, 0.15) is 85.0 Å². The zero-order chi connectivity index (χ0) is 22.3. The van der Waals surface area contributed by atoms with Gasteiger partial charge in [-0.1, -0.05) is 44.8 Å². The highest BCUT2D eigenvalue weighted by molar-refractivity contribution is 6.01. The highest BCUT2D eigenvalue weighted by Crippen LogP contribution is 2.70. The number of allylic oxidation sites excluding steroid dienone is 4. The van der Waals surface area contributed by atoms with Gasteiger partial charge in [-0.2, -0.15) is 0 Å². The van der Waals surface area contributed by atoms with Crippen LogP contribution in [0, 0.1) is 34.5 Å². The second kappa shape index (κ2) is 7.12. The lowest BCUT2D eigenvalue weighted by molar-refractivity contribution is -0.194. The van der Waals surface area contributed by atoms with Crippen molar-refractivity contribution < 1.29 is 19.1 Å². The van der Waals surface area contributed by atoms with Crippen LogP contribution in [-0.4, -0.2) is 29.6 Å². The molecule has 6 rings (SSSR count). The summed E-state index contributed by atoms with van der Waals surface area (Å²) in [6, 6.07) is 0. The molecule has 1 aliphatic heterocycles. The monoisotopic (exact) mass is 438 g/mol. The Morgan fingerprint density at radius 2 is 1.84 bits per heavy atom. The van der Waals surface area contributed by atoms with Crippen LogP contribution in [0.5, 0.6) is 0 Å². The number of hydrogen-bond donors (Lipinski definition) is 0. The predicted octanol–water partition coefficient (Wildman–Crippen LogP) is 5.55. The van der Waals surface area contributed by atoms with E-state index in [-0.39, 0.29) is 34.8 Å². The van der Waals surface area contributed by atoms with Gasteiger partial charge in [0.2, 0.25) is 0 Å². The fraction of sp³-hybridized carbons (Fsp3) is 0.786. The normalized spacial score (nSPS) is 50.3. The molecule has 0 N–H and O–H groups in total. The molecule has 0 aromatic carbocycles. The summed E-state index contributed by atoms with van der Waals surface area (Å²) in [6.07, 6.45) is 16.8. The summed E-state index contributed by atoms with van der Waals surface area (Å²) >= 11 is 0. The van der Waals surface area contributed by atoms with Gasteiger partial charge in [-0.05, 0) is 81.8 Å². The second-order valence-corrected chi connectivity index (χ2v) is 12.1. The maximum atomic E-state index is 13.4. The van der Waals surface area contributed by atoms with Gasteiger partial charge in [0.05, 0.1) is 6.10 Å². The molecule has 0 aromatic rings. The van der Waals surface area contributed by atoms with Crippen LogP contribution in [0.4, 0.5) is 0 Å². The van der Waals surface area contributed by atoms with E-state index in [2.05, 4.69) is 19.9 Å². The summed E-state index contributed by atoms with van der Waals surface area (Å²) in [5.74, 6) is 2.27. The van der Waals surface area contributed by atoms with E-state index in [0.717, 1.165) is 44.9 Å². The number of ketones is 2. The Kier molecular flexibility index (Phi) is 4.74.